The molecule has 2 aromatic rings. The highest BCUT2D eigenvalue weighted by molar-refractivity contribution is 6.31. The van der Waals surface area contributed by atoms with Crippen molar-refractivity contribution in [3.8, 4) is 5.75 Å². The molecule has 0 aliphatic carbocycles. The first kappa shape index (κ1) is 18.1. The van der Waals surface area contributed by atoms with Gasteiger partial charge in [-0.1, -0.05) is 35.3 Å². The van der Waals surface area contributed by atoms with Gasteiger partial charge in [0.15, 0.2) is 0 Å². The molecule has 2 aromatic carbocycles. The van der Waals surface area contributed by atoms with Crippen LogP contribution in [0.15, 0.2) is 42.5 Å². The second-order valence-corrected chi connectivity index (χ2v) is 6.92. The Bertz CT molecular complexity index is 759. The van der Waals surface area contributed by atoms with Gasteiger partial charge in [-0.05, 0) is 35.9 Å². The molecule has 1 saturated heterocycles. The van der Waals surface area contributed by atoms with Crippen LogP contribution in [0.2, 0.25) is 10.0 Å². The molecule has 4 nitrogen and oxygen atoms in total. The van der Waals surface area contributed by atoms with E-state index < -0.39 is 0 Å². The summed E-state index contributed by atoms with van der Waals surface area (Å²) in [4.78, 5) is 17.0. The summed E-state index contributed by atoms with van der Waals surface area (Å²) >= 11 is 12.1. The average molecular weight is 379 g/mol. The summed E-state index contributed by atoms with van der Waals surface area (Å²) in [5.74, 6) is 0.512. The predicted octanol–water partition coefficient (Wildman–Crippen LogP) is 3.96. The SMILES string of the molecule is COc1ccc(Cl)cc1C(=O)N1CCN(Cc2cccc(Cl)c2)CC1. The largest absolute Gasteiger partial charge is 0.496 e. The fourth-order valence-electron chi connectivity index (χ4n) is 3.02. The van der Waals surface area contributed by atoms with E-state index in [0.29, 0.717) is 29.4 Å². The molecular weight excluding hydrogens is 359 g/mol. The van der Waals surface area contributed by atoms with E-state index in [1.807, 2.05) is 23.1 Å². The van der Waals surface area contributed by atoms with Gasteiger partial charge in [0, 0.05) is 42.8 Å². The predicted molar refractivity (Wildman–Crippen MR) is 101 cm³/mol. The summed E-state index contributed by atoms with van der Waals surface area (Å²) in [7, 11) is 1.56. The maximum absolute atomic E-state index is 12.8. The molecule has 132 valence electrons. The van der Waals surface area contributed by atoms with E-state index in [1.165, 1.54) is 5.56 Å². The van der Waals surface area contributed by atoms with E-state index in [9.17, 15) is 4.79 Å². The van der Waals surface area contributed by atoms with Crippen LogP contribution in [0.1, 0.15) is 15.9 Å². The first-order valence-electron chi connectivity index (χ1n) is 8.16. The van der Waals surface area contributed by atoms with E-state index in [4.69, 9.17) is 27.9 Å². The molecule has 0 saturated carbocycles. The summed E-state index contributed by atoms with van der Waals surface area (Å²) in [6, 6.07) is 13.0. The molecule has 0 unspecified atom stereocenters. The van der Waals surface area contributed by atoms with E-state index in [0.717, 1.165) is 24.7 Å². The zero-order chi connectivity index (χ0) is 17.8. The Morgan fingerprint density at radius 1 is 1.04 bits per heavy atom. The molecular formula is C19H20Cl2N2O2. The fourth-order valence-corrected chi connectivity index (χ4v) is 3.41. The topological polar surface area (TPSA) is 32.8 Å². The number of carbonyl (C=O) groups excluding carboxylic acids is 1. The van der Waals surface area contributed by atoms with Crippen molar-refractivity contribution in [1.29, 1.82) is 0 Å². The third-order valence-corrected chi connectivity index (χ3v) is 4.82. The summed E-state index contributed by atoms with van der Waals surface area (Å²) in [6.07, 6.45) is 0. The molecule has 25 heavy (non-hydrogen) atoms. The highest BCUT2D eigenvalue weighted by Crippen LogP contribution is 2.24. The van der Waals surface area contributed by atoms with E-state index in [1.54, 1.807) is 25.3 Å². The molecule has 0 radical (unpaired) electrons. The number of benzene rings is 2. The Hall–Kier alpha value is -1.75. The van der Waals surface area contributed by atoms with Crippen LogP contribution in [0.3, 0.4) is 0 Å². The highest BCUT2D eigenvalue weighted by Gasteiger charge is 2.24. The number of nitrogens with zero attached hydrogens (tertiary/aromatic N) is 2. The number of hydrogen-bond donors (Lipinski definition) is 0. The van der Waals surface area contributed by atoms with Gasteiger partial charge in [0.1, 0.15) is 5.75 Å². The van der Waals surface area contributed by atoms with Crippen LogP contribution in [0.25, 0.3) is 0 Å². The van der Waals surface area contributed by atoms with E-state index in [-0.39, 0.29) is 5.91 Å². The Labute approximate surface area is 157 Å². The average Bonchev–Trinajstić information content (AvgIpc) is 2.62. The van der Waals surface area contributed by atoms with Crippen molar-refractivity contribution in [1.82, 2.24) is 9.80 Å². The molecule has 1 aliphatic heterocycles. The highest BCUT2D eigenvalue weighted by atomic mass is 35.5. The van der Waals surface area contributed by atoms with E-state index >= 15 is 0 Å². The summed E-state index contributed by atoms with van der Waals surface area (Å²) in [5, 5.41) is 1.28. The lowest BCUT2D eigenvalue weighted by atomic mass is 10.1. The first-order valence-corrected chi connectivity index (χ1v) is 8.92. The zero-order valence-electron chi connectivity index (χ0n) is 14.0. The number of piperazine rings is 1. The Kier molecular flexibility index (Phi) is 5.84. The Balaban J connectivity index is 1.62. The standard InChI is InChI=1S/C19H20Cl2N2O2/c1-25-18-6-5-16(21)12-17(18)19(24)23-9-7-22(8-10-23)13-14-3-2-4-15(20)11-14/h2-6,11-12H,7-10,13H2,1H3. The minimum absolute atomic E-state index is 0.0400. The number of rotatable bonds is 4. The number of amides is 1. The molecule has 1 fully saturated rings. The second kappa shape index (κ2) is 8.09. The van der Waals surface area contributed by atoms with Crippen molar-refractivity contribution < 1.29 is 9.53 Å². The van der Waals surface area contributed by atoms with E-state index in [2.05, 4.69) is 11.0 Å². The lowest BCUT2D eigenvalue weighted by Gasteiger charge is -2.35. The van der Waals surface area contributed by atoms with Crippen molar-refractivity contribution in [2.24, 2.45) is 0 Å². The molecule has 1 amide bonds. The monoisotopic (exact) mass is 378 g/mol. The van der Waals surface area contributed by atoms with Gasteiger partial charge in [-0.25, -0.2) is 0 Å². The van der Waals surface area contributed by atoms with Gasteiger partial charge in [0.2, 0.25) is 0 Å². The van der Waals surface area contributed by atoms with Crippen LogP contribution >= 0.6 is 23.2 Å². The number of ether oxygens (including phenoxy) is 1. The van der Waals surface area contributed by atoms with Crippen LogP contribution in [0.4, 0.5) is 0 Å². The quantitative estimate of drug-likeness (QED) is 0.806. The minimum atomic E-state index is -0.0400. The van der Waals surface area contributed by atoms with Crippen LogP contribution in [-0.4, -0.2) is 49.0 Å². The van der Waals surface area contributed by atoms with Gasteiger partial charge < -0.3 is 9.64 Å². The molecule has 0 N–H and O–H groups in total. The van der Waals surface area contributed by atoms with Gasteiger partial charge in [-0.2, -0.15) is 0 Å². The van der Waals surface area contributed by atoms with Crippen molar-refractivity contribution in [3.05, 3.63) is 63.6 Å². The summed E-state index contributed by atoms with van der Waals surface area (Å²) in [6.45, 7) is 3.83. The molecule has 6 heteroatoms. The molecule has 0 aromatic heterocycles. The van der Waals surface area contributed by atoms with Crippen LogP contribution in [-0.2, 0) is 6.54 Å². The van der Waals surface area contributed by atoms with Crippen LogP contribution in [0.5, 0.6) is 5.75 Å². The zero-order valence-corrected chi connectivity index (χ0v) is 15.6. The van der Waals surface area contributed by atoms with Gasteiger partial charge in [0.05, 0.1) is 12.7 Å². The van der Waals surface area contributed by atoms with Crippen molar-refractivity contribution >= 4 is 29.1 Å². The molecule has 0 atom stereocenters. The van der Waals surface area contributed by atoms with Gasteiger partial charge in [-0.15, -0.1) is 0 Å². The number of halogens is 2. The van der Waals surface area contributed by atoms with Crippen molar-refractivity contribution in [3.63, 3.8) is 0 Å². The number of methoxy groups -OCH3 is 1. The van der Waals surface area contributed by atoms with Gasteiger partial charge >= 0.3 is 0 Å². The summed E-state index contributed by atoms with van der Waals surface area (Å²) in [5.41, 5.74) is 1.70. The van der Waals surface area contributed by atoms with Crippen molar-refractivity contribution in [2.75, 3.05) is 33.3 Å². The van der Waals surface area contributed by atoms with Gasteiger partial charge in [-0.3, -0.25) is 9.69 Å². The lowest BCUT2D eigenvalue weighted by Crippen LogP contribution is -2.48. The molecule has 0 spiro atoms. The maximum Gasteiger partial charge on any atom is 0.257 e. The molecule has 3 rings (SSSR count). The van der Waals surface area contributed by atoms with Crippen molar-refractivity contribution in [2.45, 2.75) is 6.54 Å². The normalized spacial score (nSPS) is 15.2. The Morgan fingerprint density at radius 2 is 1.76 bits per heavy atom. The number of carbonyl (C=O) groups is 1. The second-order valence-electron chi connectivity index (χ2n) is 6.04. The lowest BCUT2D eigenvalue weighted by molar-refractivity contribution is 0.0625. The minimum Gasteiger partial charge on any atom is -0.496 e. The third kappa shape index (κ3) is 4.46. The third-order valence-electron chi connectivity index (χ3n) is 4.35. The maximum atomic E-state index is 12.8. The fraction of sp³-hybridized carbons (Fsp3) is 0.316. The van der Waals surface area contributed by atoms with Crippen LogP contribution < -0.4 is 4.74 Å². The number of hydrogen-bond acceptors (Lipinski definition) is 3. The van der Waals surface area contributed by atoms with Gasteiger partial charge in [0.25, 0.3) is 5.91 Å². The molecule has 1 aliphatic rings. The van der Waals surface area contributed by atoms with Crippen LogP contribution in [0, 0.1) is 0 Å². The molecule has 1 heterocycles. The summed E-state index contributed by atoms with van der Waals surface area (Å²) < 4.78 is 5.29. The Morgan fingerprint density at radius 3 is 2.44 bits per heavy atom. The molecule has 0 bridgehead atoms. The smallest absolute Gasteiger partial charge is 0.257 e. The first-order chi connectivity index (χ1) is 12.1.